The summed E-state index contributed by atoms with van der Waals surface area (Å²) in [5.41, 5.74) is 4.95. The van der Waals surface area contributed by atoms with Crippen molar-refractivity contribution in [2.75, 3.05) is 7.11 Å². The third-order valence-corrected chi connectivity index (χ3v) is 4.37. The molecule has 4 aromatic rings. The van der Waals surface area contributed by atoms with Crippen LogP contribution < -0.4 is 0 Å². The molecule has 0 fully saturated rings. The molecule has 8 heteroatoms. The van der Waals surface area contributed by atoms with Crippen molar-refractivity contribution in [3.05, 3.63) is 72.1 Å². The van der Waals surface area contributed by atoms with E-state index in [-0.39, 0.29) is 0 Å². The van der Waals surface area contributed by atoms with Crippen LogP contribution in [0.3, 0.4) is 0 Å². The number of fused-ring (bicyclic) bond motifs is 1. The van der Waals surface area contributed by atoms with Gasteiger partial charge in [-0.15, -0.1) is 0 Å². The maximum atomic E-state index is 5.78. The highest BCUT2D eigenvalue weighted by atomic mass is 16.6. The summed E-state index contributed by atoms with van der Waals surface area (Å²) < 4.78 is 9.55. The number of benzene rings is 2. The first-order valence-electron chi connectivity index (χ1n) is 8.78. The molecule has 2 heterocycles. The Morgan fingerprint density at radius 3 is 2.86 bits per heavy atom. The van der Waals surface area contributed by atoms with Crippen LogP contribution in [0.25, 0.3) is 16.7 Å². The zero-order valence-electron chi connectivity index (χ0n) is 15.7. The predicted octanol–water partition coefficient (Wildman–Crippen LogP) is 2.85. The lowest BCUT2D eigenvalue weighted by Crippen LogP contribution is -2.03. The van der Waals surface area contributed by atoms with Gasteiger partial charge in [0.1, 0.15) is 26.4 Å². The van der Waals surface area contributed by atoms with Crippen LogP contribution in [0.2, 0.25) is 0 Å². The summed E-state index contributed by atoms with van der Waals surface area (Å²) in [5, 5.41) is 7.84. The van der Waals surface area contributed by atoms with Gasteiger partial charge >= 0.3 is 0 Å². The number of nitrogens with zero attached hydrogens (tertiary/aromatic N) is 6. The average Bonchev–Trinajstić information content (AvgIpc) is 3.32. The molecule has 2 aromatic heterocycles. The van der Waals surface area contributed by atoms with E-state index in [1.54, 1.807) is 10.9 Å². The molecule has 0 aliphatic rings. The van der Waals surface area contributed by atoms with Crippen LogP contribution in [0.4, 0.5) is 0 Å². The molecule has 0 unspecified atom stereocenters. The Hall–Kier alpha value is -3.52. The average molecular weight is 376 g/mol. The lowest BCUT2D eigenvalue weighted by atomic mass is 10.2. The van der Waals surface area contributed by atoms with Gasteiger partial charge in [0.2, 0.25) is 0 Å². The van der Waals surface area contributed by atoms with E-state index in [1.807, 2.05) is 49.8 Å². The zero-order valence-corrected chi connectivity index (χ0v) is 15.7. The quantitative estimate of drug-likeness (QED) is 0.366. The first kappa shape index (κ1) is 17.9. The van der Waals surface area contributed by atoms with E-state index in [9.17, 15) is 0 Å². The molecule has 0 spiro atoms. The van der Waals surface area contributed by atoms with Gasteiger partial charge in [-0.05, 0) is 35.4 Å². The van der Waals surface area contributed by atoms with E-state index in [2.05, 4.69) is 30.9 Å². The number of hydrogen-bond acceptors (Lipinski definition) is 6. The molecule has 0 saturated carbocycles. The monoisotopic (exact) mass is 376 g/mol. The standard InChI is InChI=1S/C20H20N6O2/c1-25-20(21-13-23-25)12-28-11-16-4-3-5-17(8-16)26-14-22-18-9-15(10-24-27-2)6-7-19(18)26/h3-10,13-14H,11-12H2,1-2H3/b24-10+. The minimum absolute atomic E-state index is 0.417. The van der Waals surface area contributed by atoms with Crippen LogP contribution in [0, 0.1) is 0 Å². The highest BCUT2D eigenvalue weighted by Gasteiger charge is 2.07. The first-order valence-corrected chi connectivity index (χ1v) is 8.78. The fourth-order valence-electron chi connectivity index (χ4n) is 2.94. The Balaban J connectivity index is 1.52. The number of ether oxygens (including phenoxy) is 1. The molecule has 0 aliphatic carbocycles. The summed E-state index contributed by atoms with van der Waals surface area (Å²) in [4.78, 5) is 13.4. The SMILES string of the molecule is CO/N=C/c1ccc2c(c1)ncn2-c1cccc(COCc2ncnn2C)c1. The molecule has 0 bridgehead atoms. The van der Waals surface area contributed by atoms with Gasteiger partial charge in [-0.1, -0.05) is 23.4 Å². The van der Waals surface area contributed by atoms with E-state index >= 15 is 0 Å². The number of hydrogen-bond donors (Lipinski definition) is 0. The summed E-state index contributed by atoms with van der Waals surface area (Å²) in [7, 11) is 3.37. The van der Waals surface area contributed by atoms with E-state index < -0.39 is 0 Å². The van der Waals surface area contributed by atoms with Crippen molar-refractivity contribution in [2.45, 2.75) is 13.2 Å². The molecular weight excluding hydrogens is 356 g/mol. The van der Waals surface area contributed by atoms with Gasteiger partial charge in [0.05, 0.1) is 23.9 Å². The fourth-order valence-corrected chi connectivity index (χ4v) is 2.94. The van der Waals surface area contributed by atoms with E-state index in [0.29, 0.717) is 13.2 Å². The molecule has 8 nitrogen and oxygen atoms in total. The number of rotatable bonds is 7. The Labute approximate surface area is 162 Å². The van der Waals surface area contributed by atoms with Crippen molar-refractivity contribution in [2.24, 2.45) is 12.2 Å². The van der Waals surface area contributed by atoms with Crippen molar-refractivity contribution < 1.29 is 9.57 Å². The van der Waals surface area contributed by atoms with Crippen LogP contribution >= 0.6 is 0 Å². The second kappa shape index (κ2) is 8.01. The second-order valence-corrected chi connectivity index (χ2v) is 6.24. The van der Waals surface area contributed by atoms with Crippen molar-refractivity contribution in [1.29, 1.82) is 0 Å². The molecule has 142 valence electrons. The Morgan fingerprint density at radius 1 is 1.11 bits per heavy atom. The maximum absolute atomic E-state index is 5.78. The van der Waals surface area contributed by atoms with Gasteiger partial charge < -0.3 is 9.57 Å². The molecule has 0 saturated heterocycles. The van der Waals surface area contributed by atoms with Crippen molar-refractivity contribution >= 4 is 17.2 Å². The van der Waals surface area contributed by atoms with Gasteiger partial charge in [-0.2, -0.15) is 5.10 Å². The highest BCUT2D eigenvalue weighted by Crippen LogP contribution is 2.20. The van der Waals surface area contributed by atoms with E-state index in [1.165, 1.54) is 13.4 Å². The molecule has 2 aromatic carbocycles. The molecule has 0 N–H and O–H groups in total. The van der Waals surface area contributed by atoms with Crippen LogP contribution in [-0.2, 0) is 29.8 Å². The van der Waals surface area contributed by atoms with E-state index in [4.69, 9.17) is 9.57 Å². The van der Waals surface area contributed by atoms with Gasteiger partial charge in [-0.3, -0.25) is 9.25 Å². The number of aromatic nitrogens is 5. The van der Waals surface area contributed by atoms with Crippen molar-refractivity contribution in [3.8, 4) is 5.69 Å². The first-order chi connectivity index (χ1) is 13.7. The van der Waals surface area contributed by atoms with E-state index in [0.717, 1.165) is 33.7 Å². The molecule has 0 amide bonds. The fraction of sp³-hybridized carbons (Fsp3) is 0.200. The number of aryl methyl sites for hydroxylation is 1. The van der Waals surface area contributed by atoms with Gasteiger partial charge in [0, 0.05) is 12.7 Å². The minimum atomic E-state index is 0.417. The molecule has 28 heavy (non-hydrogen) atoms. The molecule has 4 rings (SSSR count). The van der Waals surface area contributed by atoms with Gasteiger partial charge in [0.25, 0.3) is 0 Å². The molecular formula is C20H20N6O2. The van der Waals surface area contributed by atoms with Gasteiger partial charge in [-0.25, -0.2) is 9.97 Å². The molecule has 0 radical (unpaired) electrons. The highest BCUT2D eigenvalue weighted by molar-refractivity contribution is 5.87. The lowest BCUT2D eigenvalue weighted by molar-refractivity contribution is 0.0993. The predicted molar refractivity (Wildman–Crippen MR) is 105 cm³/mol. The maximum Gasteiger partial charge on any atom is 0.152 e. The van der Waals surface area contributed by atoms with Crippen LogP contribution in [0.1, 0.15) is 17.0 Å². The number of imidazole rings is 1. The van der Waals surface area contributed by atoms with Crippen LogP contribution in [-0.4, -0.2) is 37.6 Å². The largest absolute Gasteiger partial charge is 0.399 e. The Morgan fingerprint density at radius 2 is 2.04 bits per heavy atom. The Bertz CT molecular complexity index is 1110. The summed E-state index contributed by atoms with van der Waals surface area (Å²) in [5.74, 6) is 0.796. The summed E-state index contributed by atoms with van der Waals surface area (Å²) >= 11 is 0. The van der Waals surface area contributed by atoms with Crippen LogP contribution in [0.5, 0.6) is 0 Å². The minimum Gasteiger partial charge on any atom is -0.399 e. The summed E-state index contributed by atoms with van der Waals surface area (Å²) in [6.45, 7) is 0.908. The molecule has 0 aliphatic heterocycles. The topological polar surface area (TPSA) is 79.3 Å². The Kier molecular flexibility index (Phi) is 5.11. The summed E-state index contributed by atoms with van der Waals surface area (Å²) in [6.07, 6.45) is 5.00. The third kappa shape index (κ3) is 3.77. The van der Waals surface area contributed by atoms with Crippen molar-refractivity contribution in [1.82, 2.24) is 24.3 Å². The zero-order chi connectivity index (χ0) is 19.3. The number of oxime groups is 1. The van der Waals surface area contributed by atoms with Gasteiger partial charge in [0.15, 0.2) is 5.82 Å². The second-order valence-electron chi connectivity index (χ2n) is 6.24. The lowest BCUT2D eigenvalue weighted by Gasteiger charge is -2.08. The molecule has 0 atom stereocenters. The van der Waals surface area contributed by atoms with Crippen LogP contribution in [0.15, 0.2) is 60.3 Å². The summed E-state index contributed by atoms with van der Waals surface area (Å²) in [6, 6.07) is 14.2. The normalized spacial score (nSPS) is 11.5. The van der Waals surface area contributed by atoms with Crippen molar-refractivity contribution in [3.63, 3.8) is 0 Å². The smallest absolute Gasteiger partial charge is 0.152 e. The third-order valence-electron chi connectivity index (χ3n) is 4.37.